The molecule has 0 aliphatic carbocycles. The van der Waals surface area contributed by atoms with E-state index in [-0.39, 0.29) is 12.2 Å². The Morgan fingerprint density at radius 3 is 2.69 bits per heavy atom. The number of hydrogen-bond donors (Lipinski definition) is 1. The van der Waals surface area contributed by atoms with Crippen molar-refractivity contribution in [1.82, 2.24) is 0 Å². The van der Waals surface area contributed by atoms with Crippen LogP contribution < -0.4 is 0 Å². The number of phenolic OH excluding ortho intramolecular Hbond substituents is 1. The van der Waals surface area contributed by atoms with Gasteiger partial charge in [0.1, 0.15) is 5.56 Å². The predicted octanol–water partition coefficient (Wildman–Crippen LogP) is 1.79. The first-order valence-corrected chi connectivity index (χ1v) is 4.63. The minimum Gasteiger partial charge on any atom is -0.502 e. The summed E-state index contributed by atoms with van der Waals surface area (Å²) < 4.78 is 4.66. The molecule has 6 heteroatoms. The molecule has 0 bridgehead atoms. The van der Waals surface area contributed by atoms with Crippen LogP contribution in [0.1, 0.15) is 22.8 Å². The number of nitrogens with zero attached hydrogens (tertiary/aromatic N) is 1. The third-order valence-electron chi connectivity index (χ3n) is 2.03. The topological polar surface area (TPSA) is 89.7 Å². The average molecular weight is 225 g/mol. The highest BCUT2D eigenvalue weighted by Gasteiger charge is 2.26. The van der Waals surface area contributed by atoms with Gasteiger partial charge in [0.2, 0.25) is 0 Å². The fourth-order valence-corrected chi connectivity index (χ4v) is 1.24. The van der Waals surface area contributed by atoms with Crippen molar-refractivity contribution in [3.05, 3.63) is 33.4 Å². The molecule has 86 valence electrons. The number of esters is 1. The van der Waals surface area contributed by atoms with Crippen molar-refractivity contribution >= 4 is 11.7 Å². The van der Waals surface area contributed by atoms with Crippen molar-refractivity contribution < 1.29 is 19.6 Å². The van der Waals surface area contributed by atoms with Crippen LogP contribution in [0.5, 0.6) is 5.75 Å². The Kier molecular flexibility index (Phi) is 3.44. The van der Waals surface area contributed by atoms with Crippen LogP contribution in [0.4, 0.5) is 5.69 Å². The SMILES string of the molecule is CCOC(=O)c1ccc(C)c(O)c1[N+](=O)[O-]. The van der Waals surface area contributed by atoms with Crippen LogP contribution in [-0.2, 0) is 4.74 Å². The summed E-state index contributed by atoms with van der Waals surface area (Å²) in [6, 6.07) is 2.69. The van der Waals surface area contributed by atoms with Gasteiger partial charge in [-0.15, -0.1) is 0 Å². The first-order chi connectivity index (χ1) is 7.49. The molecule has 6 nitrogen and oxygen atoms in total. The molecular formula is C10H11NO5. The number of hydrogen-bond acceptors (Lipinski definition) is 5. The van der Waals surface area contributed by atoms with Crippen LogP contribution in [-0.4, -0.2) is 22.6 Å². The molecule has 16 heavy (non-hydrogen) atoms. The van der Waals surface area contributed by atoms with Gasteiger partial charge in [-0.1, -0.05) is 6.07 Å². The quantitative estimate of drug-likeness (QED) is 0.481. The number of rotatable bonds is 3. The van der Waals surface area contributed by atoms with Crippen molar-refractivity contribution in [1.29, 1.82) is 0 Å². The maximum atomic E-state index is 11.4. The van der Waals surface area contributed by atoms with Crippen LogP contribution in [0.3, 0.4) is 0 Å². The van der Waals surface area contributed by atoms with E-state index in [1.165, 1.54) is 19.1 Å². The Labute approximate surface area is 91.6 Å². The number of nitro groups is 1. The van der Waals surface area contributed by atoms with E-state index in [2.05, 4.69) is 4.74 Å². The Morgan fingerprint density at radius 1 is 1.56 bits per heavy atom. The summed E-state index contributed by atoms with van der Waals surface area (Å²) in [5.74, 6) is -1.32. The van der Waals surface area contributed by atoms with Crippen molar-refractivity contribution in [3.63, 3.8) is 0 Å². The standard InChI is InChI=1S/C10H11NO5/c1-3-16-10(13)7-5-4-6(2)9(12)8(7)11(14)15/h4-5,12H,3H2,1-2H3. The fraction of sp³-hybridized carbons (Fsp3) is 0.300. The molecule has 0 aromatic heterocycles. The lowest BCUT2D eigenvalue weighted by Crippen LogP contribution is -2.08. The van der Waals surface area contributed by atoms with Gasteiger partial charge in [-0.3, -0.25) is 10.1 Å². The minimum atomic E-state index is -0.815. The fourth-order valence-electron chi connectivity index (χ4n) is 1.24. The summed E-state index contributed by atoms with van der Waals surface area (Å²) in [6.45, 7) is 3.22. The number of carbonyl (C=O) groups excluding carboxylic acids is 1. The van der Waals surface area contributed by atoms with Crippen LogP contribution in [0.15, 0.2) is 12.1 Å². The molecule has 1 N–H and O–H groups in total. The molecule has 0 atom stereocenters. The number of phenols is 1. The summed E-state index contributed by atoms with van der Waals surface area (Å²) in [4.78, 5) is 21.3. The summed E-state index contributed by atoms with van der Waals surface area (Å²) >= 11 is 0. The van der Waals surface area contributed by atoms with E-state index >= 15 is 0 Å². The maximum Gasteiger partial charge on any atom is 0.345 e. The van der Waals surface area contributed by atoms with E-state index in [1.54, 1.807) is 6.92 Å². The van der Waals surface area contributed by atoms with Crippen LogP contribution >= 0.6 is 0 Å². The molecular weight excluding hydrogens is 214 g/mol. The van der Waals surface area contributed by atoms with E-state index in [1.807, 2.05) is 0 Å². The van der Waals surface area contributed by atoms with Crippen molar-refractivity contribution in [2.24, 2.45) is 0 Å². The third-order valence-corrected chi connectivity index (χ3v) is 2.03. The highest BCUT2D eigenvalue weighted by molar-refractivity contribution is 5.95. The van der Waals surface area contributed by atoms with Crippen molar-refractivity contribution in [2.45, 2.75) is 13.8 Å². The van der Waals surface area contributed by atoms with Gasteiger partial charge in [0.25, 0.3) is 0 Å². The molecule has 1 aromatic rings. The zero-order chi connectivity index (χ0) is 12.3. The molecule has 0 spiro atoms. The van der Waals surface area contributed by atoms with Gasteiger partial charge in [-0.25, -0.2) is 4.79 Å². The number of nitro benzene ring substituents is 1. The van der Waals surface area contributed by atoms with Crippen LogP contribution in [0.2, 0.25) is 0 Å². The summed E-state index contributed by atoms with van der Waals surface area (Å²) in [5, 5.41) is 20.3. The number of aryl methyl sites for hydroxylation is 1. The Balaban J connectivity index is 3.34. The highest BCUT2D eigenvalue weighted by atomic mass is 16.6. The predicted molar refractivity (Wildman–Crippen MR) is 55.5 cm³/mol. The first kappa shape index (κ1) is 12.0. The molecule has 1 rings (SSSR count). The Hall–Kier alpha value is -2.11. The van der Waals surface area contributed by atoms with Gasteiger partial charge in [-0.2, -0.15) is 0 Å². The lowest BCUT2D eigenvalue weighted by molar-refractivity contribution is -0.386. The molecule has 0 heterocycles. The monoisotopic (exact) mass is 225 g/mol. The van der Waals surface area contributed by atoms with E-state index in [0.717, 1.165) is 0 Å². The minimum absolute atomic E-state index is 0.116. The molecule has 1 aromatic carbocycles. The summed E-state index contributed by atoms with van der Waals surface area (Å²) in [5.41, 5.74) is -0.520. The van der Waals surface area contributed by atoms with Crippen molar-refractivity contribution in [3.8, 4) is 5.75 Å². The van der Waals surface area contributed by atoms with E-state index in [9.17, 15) is 20.0 Å². The van der Waals surface area contributed by atoms with Gasteiger partial charge in [0, 0.05) is 0 Å². The van der Waals surface area contributed by atoms with Crippen LogP contribution in [0, 0.1) is 17.0 Å². The van der Waals surface area contributed by atoms with Gasteiger partial charge in [0.15, 0.2) is 5.75 Å². The summed E-state index contributed by atoms with van der Waals surface area (Å²) in [6.07, 6.45) is 0. The molecule has 0 saturated carbocycles. The normalized spacial score (nSPS) is 9.88. The van der Waals surface area contributed by atoms with E-state index < -0.39 is 22.3 Å². The summed E-state index contributed by atoms with van der Waals surface area (Å²) in [7, 11) is 0. The van der Waals surface area contributed by atoms with Crippen LogP contribution in [0.25, 0.3) is 0 Å². The molecule has 0 saturated heterocycles. The first-order valence-electron chi connectivity index (χ1n) is 4.63. The van der Waals surface area contributed by atoms with Crippen molar-refractivity contribution in [2.75, 3.05) is 6.61 Å². The number of benzene rings is 1. The van der Waals surface area contributed by atoms with Gasteiger partial charge >= 0.3 is 11.7 Å². The molecule has 0 fully saturated rings. The van der Waals surface area contributed by atoms with E-state index in [4.69, 9.17) is 0 Å². The zero-order valence-corrected chi connectivity index (χ0v) is 8.89. The Bertz CT molecular complexity index is 441. The van der Waals surface area contributed by atoms with Gasteiger partial charge in [-0.05, 0) is 25.5 Å². The van der Waals surface area contributed by atoms with Gasteiger partial charge < -0.3 is 9.84 Å². The second kappa shape index (κ2) is 4.61. The largest absolute Gasteiger partial charge is 0.502 e. The Morgan fingerprint density at radius 2 is 2.19 bits per heavy atom. The second-order valence-corrected chi connectivity index (χ2v) is 3.10. The molecule has 0 radical (unpaired) electrons. The zero-order valence-electron chi connectivity index (χ0n) is 8.89. The third kappa shape index (κ3) is 2.10. The maximum absolute atomic E-state index is 11.4. The molecule has 0 aliphatic heterocycles. The number of ether oxygens (including phenoxy) is 1. The number of carbonyl (C=O) groups is 1. The van der Waals surface area contributed by atoms with E-state index in [0.29, 0.717) is 5.56 Å². The molecule has 0 amide bonds. The molecule has 0 unspecified atom stereocenters. The number of aromatic hydroxyl groups is 1. The highest BCUT2D eigenvalue weighted by Crippen LogP contribution is 2.33. The van der Waals surface area contributed by atoms with Gasteiger partial charge in [0.05, 0.1) is 11.5 Å². The smallest absolute Gasteiger partial charge is 0.345 e. The lowest BCUT2D eigenvalue weighted by Gasteiger charge is -2.05. The second-order valence-electron chi connectivity index (χ2n) is 3.10. The molecule has 0 aliphatic rings. The average Bonchev–Trinajstić information content (AvgIpc) is 2.21. The lowest BCUT2D eigenvalue weighted by atomic mass is 10.1.